The lowest BCUT2D eigenvalue weighted by Gasteiger charge is -2.43. The minimum atomic E-state index is -1.20. The zero-order valence-electron chi connectivity index (χ0n) is 26.5. The first-order valence-electron chi connectivity index (χ1n) is 16.0. The van der Waals surface area contributed by atoms with E-state index in [2.05, 4.69) is 32.0 Å². The van der Waals surface area contributed by atoms with Crippen molar-refractivity contribution in [1.82, 2.24) is 29.3 Å². The number of carbonyl (C=O) groups is 1. The number of aliphatic hydroxyl groups is 2. The van der Waals surface area contributed by atoms with E-state index in [1.165, 1.54) is 10.9 Å². The Hall–Kier alpha value is -4.65. The first-order chi connectivity index (χ1) is 22.7. The molecule has 4 heterocycles. The maximum Gasteiger partial charge on any atom is 0.280 e. The summed E-state index contributed by atoms with van der Waals surface area (Å²) in [6, 6.07) is 18.9. The predicted molar refractivity (Wildman–Crippen MR) is 175 cm³/mol. The number of aliphatic hydroxyl groups excluding tert-OH is 1. The fourth-order valence-corrected chi connectivity index (χ4v) is 6.63. The van der Waals surface area contributed by atoms with Crippen LogP contribution >= 0.6 is 0 Å². The van der Waals surface area contributed by atoms with E-state index in [4.69, 9.17) is 10.5 Å². The summed E-state index contributed by atoms with van der Waals surface area (Å²) >= 11 is 0. The number of rotatable bonds is 9. The van der Waals surface area contributed by atoms with Gasteiger partial charge in [0.25, 0.3) is 5.56 Å². The summed E-state index contributed by atoms with van der Waals surface area (Å²) in [6.07, 6.45) is 4.48. The molecule has 0 aliphatic carbocycles. The molecule has 0 spiro atoms. The molecule has 2 saturated heterocycles. The Morgan fingerprint density at radius 1 is 1.04 bits per heavy atom. The van der Waals surface area contributed by atoms with Crippen molar-refractivity contribution in [2.75, 3.05) is 31.9 Å². The highest BCUT2D eigenvalue weighted by atomic mass is 16.5. The van der Waals surface area contributed by atoms with E-state index in [9.17, 15) is 19.8 Å². The van der Waals surface area contributed by atoms with Crippen LogP contribution in [0.4, 0.5) is 5.69 Å². The summed E-state index contributed by atoms with van der Waals surface area (Å²) in [6.45, 7) is 4.80. The van der Waals surface area contributed by atoms with Crippen LogP contribution in [0.15, 0.2) is 78.0 Å². The summed E-state index contributed by atoms with van der Waals surface area (Å²) in [7, 11) is 0. The van der Waals surface area contributed by atoms with Gasteiger partial charge in [-0.3, -0.25) is 19.1 Å². The van der Waals surface area contributed by atoms with Crippen LogP contribution in [0, 0.1) is 12.8 Å². The molecule has 2 atom stereocenters. The molecular formula is C35H41N7O5. The van der Waals surface area contributed by atoms with Crippen molar-refractivity contribution >= 4 is 11.6 Å². The van der Waals surface area contributed by atoms with Gasteiger partial charge in [0.05, 0.1) is 24.4 Å². The molecule has 2 aromatic carbocycles. The SMILES string of the molecule is Cc1nccc(CN2CC[C@@H](C(=O)N3CCC(O)(Cn4cnc(Oc5ccc(CO)cc5)c(N)c4=O)CC3)[C@H](c3ccccc3)C2)n1. The summed E-state index contributed by atoms with van der Waals surface area (Å²) in [5, 5.41) is 20.7. The number of aryl methyl sites for hydroxylation is 1. The largest absolute Gasteiger partial charge is 0.437 e. The van der Waals surface area contributed by atoms with Crippen molar-refractivity contribution in [2.24, 2.45) is 5.92 Å². The van der Waals surface area contributed by atoms with Crippen LogP contribution in [0.25, 0.3) is 0 Å². The van der Waals surface area contributed by atoms with E-state index in [1.54, 1.807) is 30.5 Å². The van der Waals surface area contributed by atoms with Crippen LogP contribution in [0.1, 0.15) is 47.8 Å². The Bertz CT molecular complexity index is 1740. The molecule has 1 amide bonds. The van der Waals surface area contributed by atoms with Gasteiger partial charge in [-0.25, -0.2) is 15.0 Å². The molecule has 12 heteroatoms. The molecule has 6 rings (SSSR count). The van der Waals surface area contributed by atoms with Crippen LogP contribution in [0.3, 0.4) is 0 Å². The maximum absolute atomic E-state index is 14.0. The van der Waals surface area contributed by atoms with E-state index in [-0.39, 0.29) is 42.5 Å². The van der Waals surface area contributed by atoms with Crippen molar-refractivity contribution in [3.05, 3.63) is 106 Å². The van der Waals surface area contributed by atoms with Crippen LogP contribution in [-0.2, 0) is 24.5 Å². The molecule has 2 fully saturated rings. The van der Waals surface area contributed by atoms with Crippen LogP contribution in [0.5, 0.6) is 11.6 Å². The van der Waals surface area contributed by atoms with Gasteiger partial charge in [-0.05, 0) is 62.1 Å². The lowest BCUT2D eigenvalue weighted by molar-refractivity contribution is -0.142. The zero-order valence-corrected chi connectivity index (χ0v) is 26.5. The van der Waals surface area contributed by atoms with Gasteiger partial charge in [0, 0.05) is 44.2 Å². The highest BCUT2D eigenvalue weighted by Gasteiger charge is 2.41. The molecule has 4 N–H and O–H groups in total. The quantitative estimate of drug-likeness (QED) is 0.249. The summed E-state index contributed by atoms with van der Waals surface area (Å²) in [5.41, 5.74) is 7.05. The number of likely N-dealkylation sites (tertiary alicyclic amines) is 2. The smallest absolute Gasteiger partial charge is 0.280 e. The van der Waals surface area contributed by atoms with E-state index < -0.39 is 11.2 Å². The topological polar surface area (TPSA) is 160 Å². The van der Waals surface area contributed by atoms with Crippen LogP contribution in [0.2, 0.25) is 0 Å². The number of piperidine rings is 2. The number of nitrogen functional groups attached to an aromatic ring is 1. The number of nitrogens with zero attached hydrogens (tertiary/aromatic N) is 6. The van der Waals surface area contributed by atoms with Crippen molar-refractivity contribution in [2.45, 2.75) is 57.4 Å². The summed E-state index contributed by atoms with van der Waals surface area (Å²) < 4.78 is 6.99. The normalized spacial score (nSPS) is 19.8. The van der Waals surface area contributed by atoms with Crippen LogP contribution in [-0.4, -0.2) is 77.2 Å². The molecule has 4 aromatic rings. The van der Waals surface area contributed by atoms with E-state index in [1.807, 2.05) is 36.1 Å². The van der Waals surface area contributed by atoms with Gasteiger partial charge in [0.1, 0.15) is 17.9 Å². The number of hydrogen-bond acceptors (Lipinski definition) is 10. The minimum absolute atomic E-state index is 0.00405. The molecule has 2 aromatic heterocycles. The Balaban J connectivity index is 1.09. The average molecular weight is 640 g/mol. The van der Waals surface area contributed by atoms with Crippen LogP contribution < -0.4 is 16.0 Å². The highest BCUT2D eigenvalue weighted by molar-refractivity contribution is 5.80. The molecule has 47 heavy (non-hydrogen) atoms. The number of benzene rings is 2. The third kappa shape index (κ3) is 7.51. The molecule has 246 valence electrons. The fraction of sp³-hybridized carbons (Fsp3) is 0.400. The lowest BCUT2D eigenvalue weighted by Crippen LogP contribution is -2.53. The van der Waals surface area contributed by atoms with Crippen molar-refractivity contribution in [3.8, 4) is 11.6 Å². The Kier molecular flexibility index (Phi) is 9.62. The van der Waals surface area contributed by atoms with Crippen molar-refractivity contribution in [3.63, 3.8) is 0 Å². The molecule has 0 radical (unpaired) electrons. The van der Waals surface area contributed by atoms with Crippen molar-refractivity contribution < 1.29 is 19.7 Å². The lowest BCUT2D eigenvalue weighted by atomic mass is 9.79. The number of aromatic nitrogens is 4. The number of nitrogens with two attached hydrogens (primary N) is 1. The second-order valence-corrected chi connectivity index (χ2v) is 12.6. The second-order valence-electron chi connectivity index (χ2n) is 12.6. The van der Waals surface area contributed by atoms with Gasteiger partial charge >= 0.3 is 0 Å². The molecule has 0 saturated carbocycles. The van der Waals surface area contributed by atoms with E-state index >= 15 is 0 Å². The molecule has 0 unspecified atom stereocenters. The predicted octanol–water partition coefficient (Wildman–Crippen LogP) is 2.87. The summed E-state index contributed by atoms with van der Waals surface area (Å²) in [5.74, 6) is 1.11. The molecular weight excluding hydrogens is 598 g/mol. The fourth-order valence-electron chi connectivity index (χ4n) is 6.63. The van der Waals surface area contributed by atoms with Gasteiger partial charge in [-0.1, -0.05) is 42.5 Å². The third-order valence-corrected chi connectivity index (χ3v) is 9.29. The Morgan fingerprint density at radius 3 is 2.49 bits per heavy atom. The Morgan fingerprint density at radius 2 is 1.79 bits per heavy atom. The van der Waals surface area contributed by atoms with Gasteiger partial charge < -0.3 is 25.6 Å². The molecule has 2 aliphatic rings. The van der Waals surface area contributed by atoms with Gasteiger partial charge in [-0.15, -0.1) is 0 Å². The minimum Gasteiger partial charge on any atom is -0.437 e. The molecule has 0 bridgehead atoms. The highest BCUT2D eigenvalue weighted by Crippen LogP contribution is 2.36. The standard InChI is InChI=1S/C35H41N7O5/c1-24-37-15-11-27(39-24)19-40-16-12-29(30(20-40)26-5-3-2-4-6-26)33(44)41-17-13-35(46,14-18-41)22-42-23-38-32(31(36)34(42)45)47-28-9-7-25(21-43)8-10-28/h2-11,15,23,29-30,43,46H,12-14,16-22,36H2,1H3/t29-,30+/m1/s1. The number of anilines is 1. The van der Waals surface area contributed by atoms with E-state index in [0.29, 0.717) is 38.2 Å². The first-order valence-corrected chi connectivity index (χ1v) is 16.0. The summed E-state index contributed by atoms with van der Waals surface area (Å²) in [4.78, 5) is 44.4. The zero-order chi connectivity index (χ0) is 33.0. The number of ether oxygens (including phenoxy) is 1. The number of hydrogen-bond donors (Lipinski definition) is 3. The molecule has 2 aliphatic heterocycles. The van der Waals surface area contributed by atoms with Crippen molar-refractivity contribution in [1.29, 1.82) is 0 Å². The molecule has 12 nitrogen and oxygen atoms in total. The van der Waals surface area contributed by atoms with Gasteiger partial charge in [0.15, 0.2) is 5.69 Å². The first kappa shape index (κ1) is 32.3. The van der Waals surface area contributed by atoms with Gasteiger partial charge in [0.2, 0.25) is 11.8 Å². The Labute approximate surface area is 273 Å². The monoisotopic (exact) mass is 639 g/mol. The number of carbonyl (C=O) groups excluding carboxylic acids is 1. The maximum atomic E-state index is 14.0. The average Bonchev–Trinajstić information content (AvgIpc) is 3.09. The second kappa shape index (κ2) is 14.0. The number of amides is 1. The third-order valence-electron chi connectivity index (χ3n) is 9.29. The van der Waals surface area contributed by atoms with E-state index in [0.717, 1.165) is 42.2 Å². The van der Waals surface area contributed by atoms with Gasteiger partial charge in [-0.2, -0.15) is 0 Å².